The zero-order valence-corrected chi connectivity index (χ0v) is 9.99. The minimum atomic E-state index is -1.03. The molecule has 0 spiro atoms. The van der Waals surface area contributed by atoms with E-state index in [0.717, 1.165) is 9.88 Å². The van der Waals surface area contributed by atoms with Crippen LogP contribution in [0.4, 0.5) is 5.69 Å². The zero-order chi connectivity index (χ0) is 12.3. The summed E-state index contributed by atoms with van der Waals surface area (Å²) >= 11 is 1.58. The van der Waals surface area contributed by atoms with E-state index in [1.165, 1.54) is 6.20 Å². The van der Waals surface area contributed by atoms with Crippen molar-refractivity contribution in [1.29, 1.82) is 0 Å². The van der Waals surface area contributed by atoms with Gasteiger partial charge in [-0.2, -0.15) is 0 Å². The number of hydrogen-bond donors (Lipinski definition) is 2. The number of anilines is 1. The Morgan fingerprint density at radius 1 is 1.53 bits per heavy atom. The Balaban J connectivity index is 2.11. The van der Waals surface area contributed by atoms with E-state index < -0.39 is 5.97 Å². The lowest BCUT2D eigenvalue weighted by Gasteiger charge is -2.06. The highest BCUT2D eigenvalue weighted by Gasteiger charge is 2.10. The van der Waals surface area contributed by atoms with Crippen molar-refractivity contribution < 1.29 is 9.90 Å². The summed E-state index contributed by atoms with van der Waals surface area (Å²) in [6, 6.07) is 3.40. The molecule has 0 bridgehead atoms. The summed E-state index contributed by atoms with van der Waals surface area (Å²) < 4.78 is 0. The number of aryl methyl sites for hydroxylation is 1. The summed E-state index contributed by atoms with van der Waals surface area (Å²) in [5.74, 6) is -1.03. The maximum absolute atomic E-state index is 10.9. The fourth-order valence-corrected chi connectivity index (χ4v) is 2.12. The van der Waals surface area contributed by atoms with Crippen molar-refractivity contribution in [2.24, 2.45) is 0 Å². The van der Waals surface area contributed by atoms with E-state index in [-0.39, 0.29) is 5.69 Å². The molecule has 2 heterocycles. The van der Waals surface area contributed by atoms with Gasteiger partial charge >= 0.3 is 5.97 Å². The second kappa shape index (κ2) is 4.92. The van der Waals surface area contributed by atoms with E-state index in [4.69, 9.17) is 5.11 Å². The van der Waals surface area contributed by atoms with Crippen LogP contribution >= 0.6 is 11.3 Å². The smallest absolute Gasteiger partial charge is 0.356 e. The van der Waals surface area contributed by atoms with Gasteiger partial charge in [0.1, 0.15) is 0 Å². The molecule has 0 saturated heterocycles. The molecule has 0 amide bonds. The Hall–Kier alpha value is -1.95. The number of hydrogen-bond acceptors (Lipinski definition) is 5. The van der Waals surface area contributed by atoms with E-state index in [1.807, 2.05) is 6.92 Å². The van der Waals surface area contributed by atoms with Crippen molar-refractivity contribution in [3.05, 3.63) is 40.1 Å². The molecule has 6 heteroatoms. The molecule has 2 rings (SSSR count). The number of aromatic carboxylic acids is 1. The van der Waals surface area contributed by atoms with Crippen LogP contribution in [0.15, 0.2) is 24.5 Å². The van der Waals surface area contributed by atoms with Crippen LogP contribution in [0, 0.1) is 6.92 Å². The highest BCUT2D eigenvalue weighted by Crippen LogP contribution is 2.16. The monoisotopic (exact) mass is 249 g/mol. The zero-order valence-electron chi connectivity index (χ0n) is 9.17. The summed E-state index contributed by atoms with van der Waals surface area (Å²) in [5.41, 5.74) is 0.555. The number of rotatable bonds is 4. The molecule has 0 aliphatic carbocycles. The van der Waals surface area contributed by atoms with Crippen molar-refractivity contribution in [1.82, 2.24) is 9.97 Å². The molecule has 2 aromatic rings. The summed E-state index contributed by atoms with van der Waals surface area (Å²) in [6.45, 7) is 2.48. The molecule has 2 aromatic heterocycles. The first-order valence-corrected chi connectivity index (χ1v) is 5.82. The second-order valence-corrected chi connectivity index (χ2v) is 4.72. The van der Waals surface area contributed by atoms with Gasteiger partial charge in [-0.05, 0) is 19.1 Å². The van der Waals surface area contributed by atoms with Gasteiger partial charge in [0.2, 0.25) is 0 Å². The van der Waals surface area contributed by atoms with Gasteiger partial charge < -0.3 is 10.4 Å². The Bertz CT molecular complexity index is 539. The standard InChI is InChI=1S/C11H11N3O2S/c1-7-13-5-8(17-7)6-14-9-3-2-4-12-10(9)11(15)16/h2-5,14H,6H2,1H3,(H,15,16). The van der Waals surface area contributed by atoms with Crippen LogP contribution in [0.25, 0.3) is 0 Å². The van der Waals surface area contributed by atoms with Crippen LogP contribution in [0.2, 0.25) is 0 Å². The summed E-state index contributed by atoms with van der Waals surface area (Å²) in [4.78, 5) is 19.9. The van der Waals surface area contributed by atoms with E-state index in [2.05, 4.69) is 15.3 Å². The fraction of sp³-hybridized carbons (Fsp3) is 0.182. The van der Waals surface area contributed by atoms with Crippen molar-refractivity contribution in [3.63, 3.8) is 0 Å². The third kappa shape index (κ3) is 2.79. The van der Waals surface area contributed by atoms with Crippen LogP contribution in [-0.4, -0.2) is 21.0 Å². The van der Waals surface area contributed by atoms with Gasteiger partial charge in [0, 0.05) is 17.3 Å². The van der Waals surface area contributed by atoms with Crippen molar-refractivity contribution in [2.45, 2.75) is 13.5 Å². The largest absolute Gasteiger partial charge is 0.476 e. The Morgan fingerprint density at radius 3 is 3.00 bits per heavy atom. The summed E-state index contributed by atoms with van der Waals surface area (Å²) in [6.07, 6.45) is 3.25. The van der Waals surface area contributed by atoms with E-state index >= 15 is 0 Å². The topological polar surface area (TPSA) is 75.1 Å². The van der Waals surface area contributed by atoms with Gasteiger partial charge in [0.25, 0.3) is 0 Å². The Kier molecular flexibility index (Phi) is 3.34. The maximum Gasteiger partial charge on any atom is 0.356 e. The molecule has 88 valence electrons. The van der Waals surface area contributed by atoms with E-state index in [0.29, 0.717) is 12.2 Å². The van der Waals surface area contributed by atoms with E-state index in [1.54, 1.807) is 29.7 Å². The van der Waals surface area contributed by atoms with E-state index in [9.17, 15) is 4.79 Å². The number of aromatic nitrogens is 2. The lowest BCUT2D eigenvalue weighted by Crippen LogP contribution is -2.07. The van der Waals surface area contributed by atoms with Crippen molar-refractivity contribution >= 4 is 23.0 Å². The molecule has 0 fully saturated rings. The fourth-order valence-electron chi connectivity index (χ4n) is 1.39. The van der Waals surface area contributed by atoms with Crippen molar-refractivity contribution in [3.8, 4) is 0 Å². The maximum atomic E-state index is 10.9. The quantitative estimate of drug-likeness (QED) is 0.868. The summed E-state index contributed by atoms with van der Waals surface area (Å²) in [5, 5.41) is 13.0. The summed E-state index contributed by atoms with van der Waals surface area (Å²) in [7, 11) is 0. The predicted molar refractivity (Wildman–Crippen MR) is 65.4 cm³/mol. The molecule has 0 saturated carbocycles. The highest BCUT2D eigenvalue weighted by molar-refractivity contribution is 7.11. The average molecular weight is 249 g/mol. The van der Waals surface area contributed by atoms with Gasteiger partial charge in [-0.15, -0.1) is 11.3 Å². The minimum Gasteiger partial charge on any atom is -0.476 e. The van der Waals surface area contributed by atoms with Crippen LogP contribution in [0.3, 0.4) is 0 Å². The Morgan fingerprint density at radius 2 is 2.35 bits per heavy atom. The number of carboxylic acid groups (broad SMARTS) is 1. The Labute approximate surface area is 102 Å². The second-order valence-electron chi connectivity index (χ2n) is 3.40. The van der Waals surface area contributed by atoms with Gasteiger partial charge in [0.05, 0.1) is 17.2 Å². The number of carbonyl (C=O) groups is 1. The number of carboxylic acids is 1. The molecule has 0 aliphatic heterocycles. The van der Waals surface area contributed by atoms with Crippen LogP contribution in [0.1, 0.15) is 20.4 Å². The number of thiazole rings is 1. The predicted octanol–water partition coefficient (Wildman–Crippen LogP) is 2.16. The molecule has 0 atom stereocenters. The normalized spacial score (nSPS) is 10.2. The van der Waals surface area contributed by atoms with Crippen LogP contribution < -0.4 is 5.32 Å². The molecular weight excluding hydrogens is 238 g/mol. The molecule has 0 radical (unpaired) electrons. The molecule has 2 N–H and O–H groups in total. The molecule has 17 heavy (non-hydrogen) atoms. The first-order valence-electron chi connectivity index (χ1n) is 5.00. The van der Waals surface area contributed by atoms with Crippen LogP contribution in [-0.2, 0) is 6.54 Å². The first kappa shape index (κ1) is 11.5. The molecular formula is C11H11N3O2S. The lowest BCUT2D eigenvalue weighted by molar-refractivity contribution is 0.0691. The minimum absolute atomic E-state index is 0.0359. The lowest BCUT2D eigenvalue weighted by atomic mass is 10.3. The molecule has 0 unspecified atom stereocenters. The number of nitrogens with one attached hydrogen (secondary N) is 1. The highest BCUT2D eigenvalue weighted by atomic mass is 32.1. The van der Waals surface area contributed by atoms with Crippen molar-refractivity contribution in [2.75, 3.05) is 5.32 Å². The molecule has 0 aliphatic rings. The van der Waals surface area contributed by atoms with Gasteiger partial charge in [-0.1, -0.05) is 0 Å². The molecule has 0 aromatic carbocycles. The van der Waals surface area contributed by atoms with Gasteiger partial charge in [-0.3, -0.25) is 0 Å². The first-order chi connectivity index (χ1) is 8.16. The molecule has 5 nitrogen and oxygen atoms in total. The SMILES string of the molecule is Cc1ncc(CNc2cccnc2C(=O)O)s1. The third-order valence-electron chi connectivity index (χ3n) is 2.13. The number of pyridine rings is 1. The number of nitrogens with zero attached hydrogens (tertiary/aromatic N) is 2. The van der Waals surface area contributed by atoms with Gasteiger partial charge in [-0.25, -0.2) is 14.8 Å². The average Bonchev–Trinajstić information content (AvgIpc) is 2.73. The van der Waals surface area contributed by atoms with Crippen LogP contribution in [0.5, 0.6) is 0 Å². The van der Waals surface area contributed by atoms with Gasteiger partial charge in [0.15, 0.2) is 5.69 Å². The third-order valence-corrected chi connectivity index (χ3v) is 3.05.